The van der Waals surface area contributed by atoms with Gasteiger partial charge in [0.15, 0.2) is 11.0 Å². The van der Waals surface area contributed by atoms with E-state index in [-0.39, 0.29) is 11.7 Å². The molecule has 2 aromatic heterocycles. The molecule has 0 atom stereocenters. The van der Waals surface area contributed by atoms with Crippen LogP contribution in [0, 0.1) is 6.92 Å². The maximum Gasteiger partial charge on any atom is 0.234 e. The number of amides is 1. The SMILES string of the molecule is CCn1c(SCC(=O)Nc2ccccc2C)nnc1-c1cn(CC)c2ccccc12. The molecule has 0 radical (unpaired) electrons. The molecule has 0 spiro atoms. The molecule has 1 amide bonds. The van der Waals surface area contributed by atoms with Crippen molar-refractivity contribution in [3.63, 3.8) is 0 Å². The predicted molar refractivity (Wildman–Crippen MR) is 123 cm³/mol. The lowest BCUT2D eigenvalue weighted by Crippen LogP contribution is -2.15. The Labute approximate surface area is 180 Å². The third-order valence-corrected chi connectivity index (χ3v) is 6.12. The number of nitrogens with zero attached hydrogens (tertiary/aromatic N) is 4. The molecule has 0 saturated heterocycles. The van der Waals surface area contributed by atoms with Gasteiger partial charge in [0.1, 0.15) is 0 Å². The van der Waals surface area contributed by atoms with Crippen molar-refractivity contribution in [3.8, 4) is 11.4 Å². The number of benzene rings is 2. The van der Waals surface area contributed by atoms with Gasteiger partial charge in [0, 0.05) is 41.4 Å². The first-order chi connectivity index (χ1) is 14.6. The van der Waals surface area contributed by atoms with Gasteiger partial charge >= 0.3 is 0 Å². The van der Waals surface area contributed by atoms with Crippen molar-refractivity contribution in [2.45, 2.75) is 39.0 Å². The van der Waals surface area contributed by atoms with Gasteiger partial charge in [-0.3, -0.25) is 4.79 Å². The van der Waals surface area contributed by atoms with Gasteiger partial charge in [-0.2, -0.15) is 0 Å². The van der Waals surface area contributed by atoms with Gasteiger partial charge in [-0.1, -0.05) is 48.2 Å². The first-order valence-electron chi connectivity index (χ1n) is 10.1. The Morgan fingerprint density at radius 2 is 1.80 bits per heavy atom. The standard InChI is InChI=1S/C23H25N5OS/c1-4-27-14-18(17-11-7-9-13-20(17)27)22-25-26-23(28(22)5-2)30-15-21(29)24-19-12-8-6-10-16(19)3/h6-14H,4-5,15H2,1-3H3,(H,24,29). The zero-order valence-electron chi connectivity index (χ0n) is 17.4. The normalized spacial score (nSPS) is 11.2. The Morgan fingerprint density at radius 3 is 2.57 bits per heavy atom. The summed E-state index contributed by atoms with van der Waals surface area (Å²) in [5, 5.41) is 13.8. The van der Waals surface area contributed by atoms with Gasteiger partial charge in [-0.05, 0) is 38.5 Å². The maximum atomic E-state index is 12.4. The Morgan fingerprint density at radius 1 is 1.03 bits per heavy atom. The molecule has 2 aromatic carbocycles. The van der Waals surface area contributed by atoms with Crippen molar-refractivity contribution in [2.75, 3.05) is 11.1 Å². The lowest BCUT2D eigenvalue weighted by atomic mass is 10.1. The van der Waals surface area contributed by atoms with Crippen molar-refractivity contribution < 1.29 is 4.79 Å². The molecule has 2 heterocycles. The molecule has 0 fully saturated rings. The molecule has 0 bridgehead atoms. The summed E-state index contributed by atoms with van der Waals surface area (Å²) in [4.78, 5) is 12.4. The van der Waals surface area contributed by atoms with E-state index in [0.29, 0.717) is 0 Å². The van der Waals surface area contributed by atoms with E-state index in [1.165, 1.54) is 17.3 Å². The molecular weight excluding hydrogens is 394 g/mol. The quantitative estimate of drug-likeness (QED) is 0.429. The van der Waals surface area contributed by atoms with Gasteiger partial charge in [-0.25, -0.2) is 0 Å². The molecule has 0 saturated carbocycles. The van der Waals surface area contributed by atoms with Crippen molar-refractivity contribution in [3.05, 3.63) is 60.3 Å². The summed E-state index contributed by atoms with van der Waals surface area (Å²) in [6.07, 6.45) is 2.14. The number of aryl methyl sites for hydroxylation is 2. The summed E-state index contributed by atoms with van der Waals surface area (Å²) in [6.45, 7) is 7.81. The number of carbonyl (C=O) groups excluding carboxylic acids is 1. The van der Waals surface area contributed by atoms with E-state index in [1.807, 2.05) is 37.3 Å². The number of hydrogen-bond donors (Lipinski definition) is 1. The van der Waals surface area contributed by atoms with Gasteiger partial charge < -0.3 is 14.5 Å². The Hall–Kier alpha value is -3.06. The van der Waals surface area contributed by atoms with Crippen LogP contribution in [-0.2, 0) is 17.9 Å². The molecule has 6 nitrogen and oxygen atoms in total. The highest BCUT2D eigenvalue weighted by Crippen LogP contribution is 2.31. The van der Waals surface area contributed by atoms with Crippen molar-refractivity contribution in [1.29, 1.82) is 0 Å². The van der Waals surface area contributed by atoms with Crippen molar-refractivity contribution in [1.82, 2.24) is 19.3 Å². The molecule has 0 unspecified atom stereocenters. The number of anilines is 1. The van der Waals surface area contributed by atoms with Crippen LogP contribution >= 0.6 is 11.8 Å². The number of para-hydroxylation sites is 2. The second-order valence-corrected chi connectivity index (χ2v) is 7.99. The fraction of sp³-hybridized carbons (Fsp3) is 0.261. The minimum atomic E-state index is -0.0518. The van der Waals surface area contributed by atoms with E-state index >= 15 is 0 Å². The first kappa shape index (κ1) is 20.2. The molecule has 4 rings (SSSR count). The van der Waals surface area contributed by atoms with Crippen LogP contribution in [0.1, 0.15) is 19.4 Å². The molecule has 0 aliphatic rings. The van der Waals surface area contributed by atoms with Crippen LogP contribution in [0.3, 0.4) is 0 Å². The highest BCUT2D eigenvalue weighted by atomic mass is 32.2. The summed E-state index contributed by atoms with van der Waals surface area (Å²) < 4.78 is 4.30. The maximum absolute atomic E-state index is 12.4. The number of fused-ring (bicyclic) bond motifs is 1. The highest BCUT2D eigenvalue weighted by Gasteiger charge is 2.18. The molecule has 154 valence electrons. The molecule has 7 heteroatoms. The fourth-order valence-electron chi connectivity index (χ4n) is 3.60. The van der Waals surface area contributed by atoms with Crippen molar-refractivity contribution >= 4 is 34.3 Å². The van der Waals surface area contributed by atoms with Gasteiger partial charge in [0.05, 0.1) is 5.75 Å². The first-order valence-corrected chi connectivity index (χ1v) is 11.1. The summed E-state index contributed by atoms with van der Waals surface area (Å²) in [5.41, 5.74) is 4.14. The van der Waals surface area contributed by atoms with E-state index in [9.17, 15) is 4.79 Å². The summed E-state index contributed by atoms with van der Waals surface area (Å²) in [7, 11) is 0. The van der Waals surface area contributed by atoms with Crippen molar-refractivity contribution in [2.24, 2.45) is 0 Å². The zero-order valence-corrected chi connectivity index (χ0v) is 18.2. The number of carbonyl (C=O) groups is 1. The third kappa shape index (κ3) is 3.85. The summed E-state index contributed by atoms with van der Waals surface area (Å²) >= 11 is 1.41. The van der Waals surface area contributed by atoms with E-state index in [4.69, 9.17) is 0 Å². The van der Waals surface area contributed by atoms with Crippen LogP contribution in [0.4, 0.5) is 5.69 Å². The second kappa shape index (κ2) is 8.75. The molecule has 1 N–H and O–H groups in total. The molecule has 30 heavy (non-hydrogen) atoms. The second-order valence-electron chi connectivity index (χ2n) is 7.05. The number of nitrogens with one attached hydrogen (secondary N) is 1. The lowest BCUT2D eigenvalue weighted by Gasteiger charge is -2.09. The fourth-order valence-corrected chi connectivity index (χ4v) is 4.40. The van der Waals surface area contributed by atoms with Gasteiger partial charge in [0.2, 0.25) is 5.91 Å². The minimum absolute atomic E-state index is 0.0518. The lowest BCUT2D eigenvalue weighted by molar-refractivity contribution is -0.113. The van der Waals surface area contributed by atoms with E-state index in [2.05, 4.69) is 62.9 Å². The molecular formula is C23H25N5OS. The van der Waals surface area contributed by atoms with Crippen LogP contribution in [0.2, 0.25) is 0 Å². The smallest absolute Gasteiger partial charge is 0.234 e. The highest BCUT2D eigenvalue weighted by molar-refractivity contribution is 7.99. The predicted octanol–water partition coefficient (Wildman–Crippen LogP) is 4.98. The summed E-state index contributed by atoms with van der Waals surface area (Å²) in [5.74, 6) is 1.07. The molecule has 4 aromatic rings. The van der Waals surface area contributed by atoms with Crippen LogP contribution in [0.25, 0.3) is 22.3 Å². The van der Waals surface area contributed by atoms with E-state index in [1.54, 1.807) is 0 Å². The third-order valence-electron chi connectivity index (χ3n) is 5.15. The largest absolute Gasteiger partial charge is 0.347 e. The average molecular weight is 420 g/mol. The molecule has 0 aliphatic heterocycles. The Balaban J connectivity index is 1.56. The number of aromatic nitrogens is 4. The Kier molecular flexibility index (Phi) is 5.90. The minimum Gasteiger partial charge on any atom is -0.347 e. The number of hydrogen-bond acceptors (Lipinski definition) is 4. The monoisotopic (exact) mass is 419 g/mol. The zero-order chi connectivity index (χ0) is 21.1. The van der Waals surface area contributed by atoms with Gasteiger partial charge in [0.25, 0.3) is 0 Å². The van der Waals surface area contributed by atoms with Crippen LogP contribution in [0.5, 0.6) is 0 Å². The van der Waals surface area contributed by atoms with E-state index < -0.39 is 0 Å². The van der Waals surface area contributed by atoms with E-state index in [0.717, 1.165) is 46.3 Å². The number of thioether (sulfide) groups is 1. The number of rotatable bonds is 7. The van der Waals surface area contributed by atoms with Crippen LogP contribution < -0.4 is 5.32 Å². The summed E-state index contributed by atoms with van der Waals surface area (Å²) in [6, 6.07) is 16.1. The molecule has 0 aliphatic carbocycles. The van der Waals surface area contributed by atoms with Gasteiger partial charge in [-0.15, -0.1) is 10.2 Å². The van der Waals surface area contributed by atoms with Crippen LogP contribution in [0.15, 0.2) is 59.9 Å². The Bertz CT molecular complexity index is 1190. The van der Waals surface area contributed by atoms with Crippen LogP contribution in [-0.4, -0.2) is 31.0 Å². The average Bonchev–Trinajstić information content (AvgIpc) is 3.34. The topological polar surface area (TPSA) is 64.7 Å².